The lowest BCUT2D eigenvalue weighted by Crippen LogP contribution is -2.51. The molecule has 1 aliphatic rings. The van der Waals surface area contributed by atoms with Gasteiger partial charge >= 0.3 is 0 Å². The first-order valence-corrected chi connectivity index (χ1v) is 7.41. The van der Waals surface area contributed by atoms with Crippen molar-refractivity contribution in [1.82, 2.24) is 15.3 Å². The summed E-state index contributed by atoms with van der Waals surface area (Å²) in [6.07, 6.45) is 4.86. The highest BCUT2D eigenvalue weighted by molar-refractivity contribution is 14.1. The zero-order valence-corrected chi connectivity index (χ0v) is 12.8. The highest BCUT2D eigenvalue weighted by atomic mass is 127. The Morgan fingerprint density at radius 3 is 3.00 bits per heavy atom. The van der Waals surface area contributed by atoms with Gasteiger partial charge in [-0.3, -0.25) is 0 Å². The first-order valence-electron chi connectivity index (χ1n) is 6.34. The number of anilines is 1. The number of hydrogen-bond donors (Lipinski definition) is 1. The summed E-state index contributed by atoms with van der Waals surface area (Å²) in [5.41, 5.74) is 0. The largest absolute Gasteiger partial charge is 0.377 e. The summed E-state index contributed by atoms with van der Waals surface area (Å²) in [5, 5.41) is 3.44. The van der Waals surface area contributed by atoms with E-state index in [-0.39, 0.29) is 0 Å². The number of hydrogen-bond acceptors (Lipinski definition) is 5. The van der Waals surface area contributed by atoms with Gasteiger partial charge in [-0.2, -0.15) is 0 Å². The standard InChI is InChI=1S/C12H19IN4O/c1-2-3-14-8-11-9-18-5-4-17(11)12-15-6-10(13)7-16-12/h6-7,11,14H,2-5,8-9H2,1H3. The topological polar surface area (TPSA) is 50.3 Å². The minimum Gasteiger partial charge on any atom is -0.377 e. The summed E-state index contributed by atoms with van der Waals surface area (Å²) < 4.78 is 6.61. The lowest BCUT2D eigenvalue weighted by atomic mass is 10.2. The van der Waals surface area contributed by atoms with Crippen molar-refractivity contribution in [2.75, 3.05) is 37.7 Å². The molecule has 2 rings (SSSR count). The Hall–Kier alpha value is -0.470. The van der Waals surface area contributed by atoms with Crippen LogP contribution in [0.4, 0.5) is 5.95 Å². The Morgan fingerprint density at radius 2 is 2.28 bits per heavy atom. The molecule has 2 heterocycles. The van der Waals surface area contributed by atoms with E-state index in [0.717, 1.165) is 48.8 Å². The number of aromatic nitrogens is 2. The van der Waals surface area contributed by atoms with Crippen molar-refractivity contribution < 1.29 is 4.74 Å². The summed E-state index contributed by atoms with van der Waals surface area (Å²) >= 11 is 2.22. The molecule has 0 amide bonds. The molecule has 0 aromatic carbocycles. The third-order valence-corrected chi connectivity index (χ3v) is 3.45. The van der Waals surface area contributed by atoms with Crippen LogP contribution in [0.1, 0.15) is 13.3 Å². The fourth-order valence-electron chi connectivity index (χ4n) is 1.99. The Morgan fingerprint density at radius 1 is 1.50 bits per heavy atom. The molecule has 6 heteroatoms. The lowest BCUT2D eigenvalue weighted by Gasteiger charge is -2.35. The van der Waals surface area contributed by atoms with Crippen molar-refractivity contribution in [1.29, 1.82) is 0 Å². The molecule has 100 valence electrons. The normalized spacial score (nSPS) is 20.1. The van der Waals surface area contributed by atoms with E-state index in [2.05, 4.69) is 49.7 Å². The zero-order valence-electron chi connectivity index (χ0n) is 10.6. The fourth-order valence-corrected chi connectivity index (χ4v) is 2.26. The van der Waals surface area contributed by atoms with Crippen LogP contribution < -0.4 is 10.2 Å². The molecule has 1 unspecified atom stereocenters. The van der Waals surface area contributed by atoms with Crippen molar-refractivity contribution in [3.63, 3.8) is 0 Å². The number of ether oxygens (including phenoxy) is 1. The van der Waals surface area contributed by atoms with Crippen LogP contribution in [0.5, 0.6) is 0 Å². The van der Waals surface area contributed by atoms with E-state index in [1.807, 2.05) is 12.4 Å². The van der Waals surface area contributed by atoms with Crippen LogP contribution in [-0.2, 0) is 4.74 Å². The molecule has 1 fully saturated rings. The molecule has 0 spiro atoms. The Labute approximate surface area is 121 Å². The fraction of sp³-hybridized carbons (Fsp3) is 0.667. The van der Waals surface area contributed by atoms with Gasteiger partial charge in [0.25, 0.3) is 0 Å². The van der Waals surface area contributed by atoms with Gasteiger partial charge in [-0.15, -0.1) is 0 Å². The van der Waals surface area contributed by atoms with E-state index in [0.29, 0.717) is 6.04 Å². The molecule has 1 aliphatic heterocycles. The maximum Gasteiger partial charge on any atom is 0.225 e. The second-order valence-electron chi connectivity index (χ2n) is 4.33. The van der Waals surface area contributed by atoms with E-state index < -0.39 is 0 Å². The van der Waals surface area contributed by atoms with E-state index in [9.17, 15) is 0 Å². The van der Waals surface area contributed by atoms with Crippen LogP contribution in [0.2, 0.25) is 0 Å². The molecule has 0 saturated carbocycles. The molecule has 1 N–H and O–H groups in total. The average molecular weight is 362 g/mol. The number of morpholine rings is 1. The number of rotatable bonds is 5. The van der Waals surface area contributed by atoms with Crippen LogP contribution in [0.3, 0.4) is 0 Å². The maximum absolute atomic E-state index is 5.55. The van der Waals surface area contributed by atoms with Gasteiger partial charge in [0.2, 0.25) is 5.95 Å². The highest BCUT2D eigenvalue weighted by Gasteiger charge is 2.24. The number of halogens is 1. The molecule has 5 nitrogen and oxygen atoms in total. The number of nitrogens with zero attached hydrogens (tertiary/aromatic N) is 3. The lowest BCUT2D eigenvalue weighted by molar-refractivity contribution is 0.0929. The average Bonchev–Trinajstić information content (AvgIpc) is 2.41. The molecule has 18 heavy (non-hydrogen) atoms. The van der Waals surface area contributed by atoms with Crippen LogP contribution >= 0.6 is 22.6 Å². The molecule has 0 bridgehead atoms. The van der Waals surface area contributed by atoms with Crippen LogP contribution in [0, 0.1) is 3.57 Å². The molecule has 1 atom stereocenters. The van der Waals surface area contributed by atoms with Gasteiger partial charge in [0, 0.05) is 29.1 Å². The SMILES string of the molecule is CCCNCC1COCCN1c1ncc(I)cn1. The van der Waals surface area contributed by atoms with E-state index in [4.69, 9.17) is 4.74 Å². The van der Waals surface area contributed by atoms with E-state index >= 15 is 0 Å². The first kappa shape index (κ1) is 14.0. The summed E-state index contributed by atoms with van der Waals surface area (Å²) in [7, 11) is 0. The predicted octanol–water partition coefficient (Wildman–Crippen LogP) is 1.29. The van der Waals surface area contributed by atoms with Crippen molar-refractivity contribution in [2.45, 2.75) is 19.4 Å². The van der Waals surface area contributed by atoms with Crippen LogP contribution in [-0.4, -0.2) is 48.9 Å². The smallest absolute Gasteiger partial charge is 0.225 e. The van der Waals surface area contributed by atoms with Gasteiger partial charge in [-0.1, -0.05) is 6.92 Å². The molecule has 1 saturated heterocycles. The van der Waals surface area contributed by atoms with Crippen molar-refractivity contribution in [2.24, 2.45) is 0 Å². The van der Waals surface area contributed by atoms with Crippen LogP contribution in [0.25, 0.3) is 0 Å². The maximum atomic E-state index is 5.55. The predicted molar refractivity (Wildman–Crippen MR) is 79.9 cm³/mol. The monoisotopic (exact) mass is 362 g/mol. The highest BCUT2D eigenvalue weighted by Crippen LogP contribution is 2.15. The Balaban J connectivity index is 2.00. The summed E-state index contributed by atoms with van der Waals surface area (Å²) in [6, 6.07) is 0.324. The van der Waals surface area contributed by atoms with Crippen molar-refractivity contribution in [3.05, 3.63) is 16.0 Å². The second kappa shape index (κ2) is 7.20. The quantitative estimate of drug-likeness (QED) is 0.632. The minimum atomic E-state index is 0.324. The van der Waals surface area contributed by atoms with Gasteiger partial charge in [0.1, 0.15) is 0 Å². The van der Waals surface area contributed by atoms with Gasteiger partial charge in [-0.05, 0) is 35.6 Å². The van der Waals surface area contributed by atoms with E-state index in [1.165, 1.54) is 0 Å². The summed E-state index contributed by atoms with van der Waals surface area (Å²) in [5.74, 6) is 0.807. The van der Waals surface area contributed by atoms with Crippen LogP contribution in [0.15, 0.2) is 12.4 Å². The third-order valence-electron chi connectivity index (χ3n) is 2.90. The molecular weight excluding hydrogens is 343 g/mol. The van der Waals surface area contributed by atoms with Crippen molar-refractivity contribution >= 4 is 28.5 Å². The van der Waals surface area contributed by atoms with Gasteiger partial charge < -0.3 is 15.0 Å². The Bertz CT molecular complexity index is 360. The third kappa shape index (κ3) is 3.76. The summed E-state index contributed by atoms with van der Waals surface area (Å²) in [6.45, 7) is 6.48. The summed E-state index contributed by atoms with van der Waals surface area (Å²) in [4.78, 5) is 11.0. The second-order valence-corrected chi connectivity index (χ2v) is 5.57. The number of nitrogens with one attached hydrogen (secondary N) is 1. The van der Waals surface area contributed by atoms with Crippen molar-refractivity contribution in [3.8, 4) is 0 Å². The van der Waals surface area contributed by atoms with Gasteiger partial charge in [-0.25, -0.2) is 9.97 Å². The minimum absolute atomic E-state index is 0.324. The first-order chi connectivity index (χ1) is 8.81. The van der Waals surface area contributed by atoms with E-state index in [1.54, 1.807) is 0 Å². The van der Waals surface area contributed by atoms with Gasteiger partial charge in [0.05, 0.1) is 19.3 Å². The molecule has 1 aromatic heterocycles. The molecule has 0 aliphatic carbocycles. The Kier molecular flexibility index (Phi) is 5.58. The van der Waals surface area contributed by atoms with Gasteiger partial charge in [0.15, 0.2) is 0 Å². The molecule has 1 aromatic rings. The molecule has 0 radical (unpaired) electrons. The zero-order chi connectivity index (χ0) is 12.8. The molecular formula is C12H19IN4O.